The van der Waals surface area contributed by atoms with Crippen molar-refractivity contribution in [1.82, 2.24) is 10.6 Å². The molecule has 0 spiro atoms. The van der Waals surface area contributed by atoms with Gasteiger partial charge in [0.15, 0.2) is 0 Å². The van der Waals surface area contributed by atoms with Crippen molar-refractivity contribution in [3.8, 4) is 0 Å². The van der Waals surface area contributed by atoms with Crippen LogP contribution in [-0.4, -0.2) is 18.4 Å². The number of nitrogens with one attached hydrogen (secondary N) is 2. The number of carbonyl (C=O) groups is 2. The molecule has 0 aliphatic rings. The molecule has 1 heterocycles. The highest BCUT2D eigenvalue weighted by Crippen LogP contribution is 2.02. The van der Waals surface area contributed by atoms with Crippen LogP contribution < -0.4 is 10.6 Å². The minimum Gasteiger partial charge on any atom is -0.472 e. The molecule has 0 fully saturated rings. The molecule has 2 N–H and O–H groups in total. The van der Waals surface area contributed by atoms with Gasteiger partial charge in [-0.05, 0) is 18.6 Å². The Hall–Kier alpha value is -2.56. The van der Waals surface area contributed by atoms with Crippen LogP contribution in [0.4, 0.5) is 0 Å². The van der Waals surface area contributed by atoms with Crippen molar-refractivity contribution in [3.63, 3.8) is 0 Å². The van der Waals surface area contributed by atoms with Crippen LogP contribution >= 0.6 is 0 Å². The topological polar surface area (TPSA) is 71.3 Å². The maximum absolute atomic E-state index is 11.6. The molecule has 2 amide bonds. The first kappa shape index (κ1) is 13.9. The van der Waals surface area contributed by atoms with Crippen molar-refractivity contribution in [1.29, 1.82) is 0 Å². The third-order valence-corrected chi connectivity index (χ3v) is 2.80. The van der Waals surface area contributed by atoms with Crippen molar-refractivity contribution in [2.45, 2.75) is 13.5 Å². The van der Waals surface area contributed by atoms with Gasteiger partial charge in [0.25, 0.3) is 5.91 Å². The van der Waals surface area contributed by atoms with E-state index in [2.05, 4.69) is 10.6 Å². The zero-order valence-corrected chi connectivity index (χ0v) is 11.2. The Kier molecular flexibility index (Phi) is 4.55. The van der Waals surface area contributed by atoms with E-state index in [9.17, 15) is 9.59 Å². The second kappa shape index (κ2) is 6.56. The number of benzene rings is 1. The quantitative estimate of drug-likeness (QED) is 0.869. The van der Waals surface area contributed by atoms with Crippen molar-refractivity contribution in [2.75, 3.05) is 6.54 Å². The summed E-state index contributed by atoms with van der Waals surface area (Å²) in [6.07, 6.45) is 2.74. The van der Waals surface area contributed by atoms with Crippen molar-refractivity contribution in [3.05, 3.63) is 59.5 Å². The van der Waals surface area contributed by atoms with Crippen molar-refractivity contribution in [2.24, 2.45) is 0 Å². The lowest BCUT2D eigenvalue weighted by molar-refractivity contribution is -0.120. The Morgan fingerprint density at radius 3 is 2.50 bits per heavy atom. The summed E-state index contributed by atoms with van der Waals surface area (Å²) < 4.78 is 4.80. The van der Waals surface area contributed by atoms with E-state index in [0.717, 1.165) is 5.56 Å². The van der Waals surface area contributed by atoms with E-state index >= 15 is 0 Å². The molecule has 2 aromatic rings. The van der Waals surface area contributed by atoms with Crippen molar-refractivity contribution < 1.29 is 14.0 Å². The van der Waals surface area contributed by atoms with Gasteiger partial charge < -0.3 is 15.1 Å². The minimum absolute atomic E-state index is 0.0596. The van der Waals surface area contributed by atoms with E-state index in [1.54, 1.807) is 6.07 Å². The van der Waals surface area contributed by atoms with Crippen LogP contribution in [0.5, 0.6) is 0 Å². The minimum atomic E-state index is -0.329. The summed E-state index contributed by atoms with van der Waals surface area (Å²) in [6, 6.07) is 9.43. The third-order valence-electron chi connectivity index (χ3n) is 2.80. The van der Waals surface area contributed by atoms with Gasteiger partial charge in [-0.2, -0.15) is 0 Å². The van der Waals surface area contributed by atoms with E-state index in [0.29, 0.717) is 12.1 Å². The van der Waals surface area contributed by atoms with Crippen molar-refractivity contribution >= 4 is 11.8 Å². The second-order valence-electron chi connectivity index (χ2n) is 4.46. The zero-order valence-electron chi connectivity index (χ0n) is 11.2. The van der Waals surface area contributed by atoms with Gasteiger partial charge in [-0.3, -0.25) is 9.59 Å². The second-order valence-corrected chi connectivity index (χ2v) is 4.46. The van der Waals surface area contributed by atoms with Gasteiger partial charge in [-0.15, -0.1) is 0 Å². The first-order chi connectivity index (χ1) is 9.65. The molecule has 0 radical (unpaired) electrons. The summed E-state index contributed by atoms with van der Waals surface area (Å²) in [4.78, 5) is 23.2. The van der Waals surface area contributed by atoms with Gasteiger partial charge in [0.05, 0.1) is 18.4 Å². The lowest BCUT2D eigenvalue weighted by atomic mass is 10.1. The summed E-state index contributed by atoms with van der Waals surface area (Å²) in [7, 11) is 0. The smallest absolute Gasteiger partial charge is 0.254 e. The van der Waals surface area contributed by atoms with Gasteiger partial charge >= 0.3 is 0 Å². The van der Waals surface area contributed by atoms with Crippen LogP contribution in [0.1, 0.15) is 21.5 Å². The maximum atomic E-state index is 11.6. The zero-order chi connectivity index (χ0) is 14.4. The number of hydrogen-bond donors (Lipinski definition) is 2. The van der Waals surface area contributed by atoms with Crippen LogP contribution in [-0.2, 0) is 11.3 Å². The number of furan rings is 1. The molecule has 20 heavy (non-hydrogen) atoms. The maximum Gasteiger partial charge on any atom is 0.254 e. The number of aryl methyl sites for hydroxylation is 1. The lowest BCUT2D eigenvalue weighted by Gasteiger charge is -2.06. The Morgan fingerprint density at radius 1 is 1.10 bits per heavy atom. The fourth-order valence-electron chi connectivity index (χ4n) is 1.63. The molecule has 5 heteroatoms. The Labute approximate surface area is 117 Å². The van der Waals surface area contributed by atoms with Crippen LogP contribution in [0, 0.1) is 6.92 Å². The summed E-state index contributed by atoms with van der Waals surface area (Å²) in [5.74, 6) is -0.563. The van der Waals surface area contributed by atoms with E-state index in [1.165, 1.54) is 18.1 Å². The molecule has 0 saturated heterocycles. The van der Waals surface area contributed by atoms with Gasteiger partial charge in [0.2, 0.25) is 5.91 Å². The van der Waals surface area contributed by atoms with E-state index in [4.69, 9.17) is 4.42 Å². The molecule has 0 unspecified atom stereocenters. The number of hydrogen-bond acceptors (Lipinski definition) is 3. The molecule has 0 aliphatic carbocycles. The standard InChI is InChI=1S/C15H16N2O3/c1-11-2-4-12(5-3-11)8-16-14(18)9-17-15(19)13-6-7-20-10-13/h2-7,10H,8-9H2,1H3,(H,16,18)(H,17,19). The van der Waals surface area contributed by atoms with E-state index < -0.39 is 0 Å². The summed E-state index contributed by atoms with van der Waals surface area (Å²) >= 11 is 0. The van der Waals surface area contributed by atoms with E-state index in [1.807, 2.05) is 31.2 Å². The SMILES string of the molecule is Cc1ccc(CNC(=O)CNC(=O)c2ccoc2)cc1. The normalized spacial score (nSPS) is 10.1. The Morgan fingerprint density at radius 2 is 1.85 bits per heavy atom. The fourth-order valence-corrected chi connectivity index (χ4v) is 1.63. The molecule has 104 valence electrons. The highest BCUT2D eigenvalue weighted by molar-refractivity contribution is 5.96. The lowest BCUT2D eigenvalue weighted by Crippen LogP contribution is -2.36. The van der Waals surface area contributed by atoms with Gasteiger partial charge in [-0.1, -0.05) is 29.8 Å². The molecule has 1 aromatic carbocycles. The molecule has 2 rings (SSSR count). The number of amides is 2. The van der Waals surface area contributed by atoms with Gasteiger partial charge in [0, 0.05) is 6.54 Å². The van der Waals surface area contributed by atoms with Gasteiger partial charge in [-0.25, -0.2) is 0 Å². The fraction of sp³-hybridized carbons (Fsp3) is 0.200. The predicted octanol–water partition coefficient (Wildman–Crippen LogP) is 1.63. The number of carbonyl (C=O) groups excluding carboxylic acids is 2. The molecule has 0 saturated carbocycles. The predicted molar refractivity (Wildman–Crippen MR) is 74.1 cm³/mol. The monoisotopic (exact) mass is 272 g/mol. The molecular weight excluding hydrogens is 256 g/mol. The van der Waals surface area contributed by atoms with E-state index in [-0.39, 0.29) is 18.4 Å². The molecule has 0 aliphatic heterocycles. The highest BCUT2D eigenvalue weighted by Gasteiger charge is 2.08. The van der Waals surface area contributed by atoms with Crippen LogP contribution in [0.25, 0.3) is 0 Å². The highest BCUT2D eigenvalue weighted by atomic mass is 16.3. The summed E-state index contributed by atoms with van der Waals surface area (Å²) in [6.45, 7) is 2.39. The first-order valence-corrected chi connectivity index (χ1v) is 6.28. The third kappa shape index (κ3) is 3.98. The average molecular weight is 272 g/mol. The van der Waals surface area contributed by atoms with Gasteiger partial charge in [0.1, 0.15) is 6.26 Å². The largest absolute Gasteiger partial charge is 0.472 e. The summed E-state index contributed by atoms with van der Waals surface area (Å²) in [5, 5.41) is 5.26. The molecular formula is C15H16N2O3. The molecule has 5 nitrogen and oxygen atoms in total. The van der Waals surface area contributed by atoms with Crippen LogP contribution in [0.3, 0.4) is 0 Å². The number of rotatable bonds is 5. The molecule has 1 aromatic heterocycles. The van der Waals surface area contributed by atoms with Crippen LogP contribution in [0.15, 0.2) is 47.3 Å². The summed E-state index contributed by atoms with van der Waals surface area (Å²) in [5.41, 5.74) is 2.59. The Bertz CT molecular complexity index is 574. The molecule has 0 atom stereocenters. The first-order valence-electron chi connectivity index (χ1n) is 6.28. The molecule has 0 bridgehead atoms. The average Bonchev–Trinajstić information content (AvgIpc) is 2.98. The Balaban J connectivity index is 1.73. The van der Waals surface area contributed by atoms with Crippen LogP contribution in [0.2, 0.25) is 0 Å².